The number of phenols is 1. The van der Waals surface area contributed by atoms with Crippen LogP contribution in [-0.4, -0.2) is 88.6 Å². The fraction of sp³-hybridized carbons (Fsp3) is 0.500. The molecule has 4 N–H and O–H groups in total. The second-order valence-electron chi connectivity index (χ2n) is 10.5. The summed E-state index contributed by atoms with van der Waals surface area (Å²) in [5.74, 6) is -1.28. The molecule has 0 radical (unpaired) electrons. The standard InChI is InChI=1S/C30H40N4O5/c1-21-23(12-8-14-26(21)35)28(37)32-24(20-22-10-4-2-5-11-22)27(36)30(39)34-18-9-13-25(34)29(38)31-15-19-33-16-6-3-7-17-33/h2,4-5,8,10-12,14,24-25,27,35-36H,3,6-7,9,13,15-20H2,1H3,(H,31,38)(H,32,37)/t24-,25-,27-/m0/s1. The van der Waals surface area contributed by atoms with Crippen molar-refractivity contribution < 1.29 is 24.6 Å². The predicted octanol–water partition coefficient (Wildman–Crippen LogP) is 2.00. The first-order valence-electron chi connectivity index (χ1n) is 14.0. The average Bonchev–Trinajstić information content (AvgIpc) is 3.45. The maximum Gasteiger partial charge on any atom is 0.254 e. The number of amides is 3. The van der Waals surface area contributed by atoms with Crippen LogP contribution in [0.1, 0.15) is 53.6 Å². The van der Waals surface area contributed by atoms with Crippen LogP contribution in [0.3, 0.4) is 0 Å². The van der Waals surface area contributed by atoms with Crippen molar-refractivity contribution in [3.63, 3.8) is 0 Å². The lowest BCUT2D eigenvalue weighted by atomic mass is 9.98. The van der Waals surface area contributed by atoms with E-state index in [4.69, 9.17) is 0 Å². The number of nitrogens with one attached hydrogen (secondary N) is 2. The number of nitrogens with zero attached hydrogens (tertiary/aromatic N) is 2. The summed E-state index contributed by atoms with van der Waals surface area (Å²) in [5, 5.41) is 27.1. The van der Waals surface area contributed by atoms with Crippen molar-refractivity contribution in [2.24, 2.45) is 0 Å². The number of aliphatic hydroxyl groups excluding tert-OH is 1. The predicted molar refractivity (Wildman–Crippen MR) is 148 cm³/mol. The van der Waals surface area contributed by atoms with Crippen LogP contribution < -0.4 is 10.6 Å². The van der Waals surface area contributed by atoms with Gasteiger partial charge in [-0.05, 0) is 69.8 Å². The number of carbonyl (C=O) groups is 3. The molecule has 2 saturated heterocycles. The molecule has 0 spiro atoms. The third-order valence-corrected chi connectivity index (χ3v) is 7.81. The van der Waals surface area contributed by atoms with E-state index in [2.05, 4.69) is 15.5 Å². The van der Waals surface area contributed by atoms with Gasteiger partial charge in [-0.15, -0.1) is 0 Å². The smallest absolute Gasteiger partial charge is 0.254 e. The molecule has 2 heterocycles. The van der Waals surface area contributed by atoms with Gasteiger partial charge in [0.05, 0.1) is 6.04 Å². The molecule has 2 aliphatic heterocycles. The van der Waals surface area contributed by atoms with E-state index in [-0.39, 0.29) is 23.6 Å². The molecule has 39 heavy (non-hydrogen) atoms. The Hall–Kier alpha value is -3.43. The zero-order chi connectivity index (χ0) is 27.8. The number of hydrogen-bond acceptors (Lipinski definition) is 6. The van der Waals surface area contributed by atoms with Crippen LogP contribution in [0.2, 0.25) is 0 Å². The number of phenolic OH excluding ortho intramolecular Hbond substituents is 1. The quantitative estimate of drug-likeness (QED) is 0.369. The van der Waals surface area contributed by atoms with Gasteiger partial charge in [-0.2, -0.15) is 0 Å². The number of piperidine rings is 1. The number of hydrogen-bond donors (Lipinski definition) is 4. The normalized spacial score (nSPS) is 19.3. The molecule has 2 aromatic carbocycles. The largest absolute Gasteiger partial charge is 0.508 e. The van der Waals surface area contributed by atoms with Crippen LogP contribution in [0.25, 0.3) is 0 Å². The van der Waals surface area contributed by atoms with E-state index in [1.165, 1.54) is 30.2 Å². The maximum absolute atomic E-state index is 13.5. The van der Waals surface area contributed by atoms with E-state index in [1.54, 1.807) is 19.1 Å². The summed E-state index contributed by atoms with van der Waals surface area (Å²) in [6, 6.07) is 12.4. The third-order valence-electron chi connectivity index (χ3n) is 7.81. The minimum atomic E-state index is -1.55. The van der Waals surface area contributed by atoms with Gasteiger partial charge in [-0.1, -0.05) is 42.8 Å². The molecule has 0 bridgehead atoms. The molecule has 2 fully saturated rings. The lowest BCUT2D eigenvalue weighted by Crippen LogP contribution is -2.56. The summed E-state index contributed by atoms with van der Waals surface area (Å²) in [6.45, 7) is 5.42. The highest BCUT2D eigenvalue weighted by atomic mass is 16.3. The number of aliphatic hydroxyl groups is 1. The molecule has 0 aromatic heterocycles. The van der Waals surface area contributed by atoms with Crippen LogP contribution in [-0.2, 0) is 16.0 Å². The number of benzene rings is 2. The minimum Gasteiger partial charge on any atom is -0.508 e. The van der Waals surface area contributed by atoms with E-state index in [1.807, 2.05) is 30.3 Å². The van der Waals surface area contributed by atoms with E-state index in [0.29, 0.717) is 31.5 Å². The Balaban J connectivity index is 1.43. The van der Waals surface area contributed by atoms with Gasteiger partial charge in [0.15, 0.2) is 6.10 Å². The van der Waals surface area contributed by atoms with E-state index < -0.39 is 30.0 Å². The fourth-order valence-electron chi connectivity index (χ4n) is 5.51. The molecule has 2 aliphatic rings. The number of carbonyl (C=O) groups excluding carboxylic acids is 3. The Morgan fingerprint density at radius 3 is 2.46 bits per heavy atom. The van der Waals surface area contributed by atoms with E-state index in [0.717, 1.165) is 25.2 Å². The van der Waals surface area contributed by atoms with Crippen LogP contribution in [0.5, 0.6) is 5.75 Å². The number of rotatable bonds is 10. The molecule has 3 atom stereocenters. The van der Waals surface area contributed by atoms with Crippen LogP contribution in [0.4, 0.5) is 0 Å². The molecule has 4 rings (SSSR count). The molecule has 3 amide bonds. The molecule has 210 valence electrons. The van der Waals surface area contributed by atoms with Crippen molar-refractivity contribution in [2.45, 2.75) is 63.6 Å². The summed E-state index contributed by atoms with van der Waals surface area (Å²) < 4.78 is 0. The lowest BCUT2D eigenvalue weighted by molar-refractivity contribution is -0.146. The minimum absolute atomic E-state index is 0.00917. The zero-order valence-electron chi connectivity index (χ0n) is 22.6. The molecule has 2 aromatic rings. The first-order valence-corrected chi connectivity index (χ1v) is 14.0. The van der Waals surface area contributed by atoms with Gasteiger partial charge < -0.3 is 30.6 Å². The summed E-state index contributed by atoms with van der Waals surface area (Å²) in [6.07, 6.45) is 3.49. The van der Waals surface area contributed by atoms with Gasteiger partial charge in [-0.3, -0.25) is 14.4 Å². The van der Waals surface area contributed by atoms with E-state index >= 15 is 0 Å². The number of aromatic hydroxyl groups is 1. The molecule has 0 aliphatic carbocycles. The SMILES string of the molecule is Cc1c(O)cccc1C(=O)N[C@@H](Cc1ccccc1)[C@H](O)C(=O)N1CCC[C@H]1C(=O)NCCN1CCCCC1. The molecule has 9 heteroatoms. The van der Waals surface area contributed by atoms with Gasteiger partial charge in [0.1, 0.15) is 11.8 Å². The average molecular weight is 537 g/mol. The Morgan fingerprint density at radius 2 is 1.72 bits per heavy atom. The second-order valence-corrected chi connectivity index (χ2v) is 10.5. The van der Waals surface area contributed by atoms with Gasteiger partial charge in [0, 0.05) is 30.8 Å². The first-order chi connectivity index (χ1) is 18.8. The topological polar surface area (TPSA) is 122 Å². The summed E-state index contributed by atoms with van der Waals surface area (Å²) >= 11 is 0. The highest BCUT2D eigenvalue weighted by Crippen LogP contribution is 2.22. The molecule has 0 saturated carbocycles. The van der Waals surface area contributed by atoms with Gasteiger partial charge in [-0.25, -0.2) is 0 Å². The molecular weight excluding hydrogens is 496 g/mol. The van der Waals surface area contributed by atoms with Crippen molar-refractivity contribution in [1.29, 1.82) is 0 Å². The van der Waals surface area contributed by atoms with Crippen molar-refractivity contribution in [1.82, 2.24) is 20.4 Å². The van der Waals surface area contributed by atoms with Gasteiger partial charge in [0.25, 0.3) is 11.8 Å². The van der Waals surface area contributed by atoms with Crippen molar-refractivity contribution in [3.05, 3.63) is 65.2 Å². The molecular formula is C30H40N4O5. The van der Waals surface area contributed by atoms with Crippen molar-refractivity contribution in [2.75, 3.05) is 32.7 Å². The lowest BCUT2D eigenvalue weighted by Gasteiger charge is -2.31. The monoisotopic (exact) mass is 536 g/mol. The van der Waals surface area contributed by atoms with Crippen molar-refractivity contribution >= 4 is 17.7 Å². The third kappa shape index (κ3) is 7.36. The highest BCUT2D eigenvalue weighted by molar-refractivity contribution is 5.97. The summed E-state index contributed by atoms with van der Waals surface area (Å²) in [5.41, 5.74) is 1.52. The summed E-state index contributed by atoms with van der Waals surface area (Å²) in [4.78, 5) is 43.5. The highest BCUT2D eigenvalue weighted by Gasteiger charge is 2.39. The van der Waals surface area contributed by atoms with Crippen molar-refractivity contribution in [3.8, 4) is 5.75 Å². The Kier molecular flexibility index (Phi) is 9.95. The van der Waals surface area contributed by atoms with Crippen LogP contribution >= 0.6 is 0 Å². The molecule has 0 unspecified atom stereocenters. The molecule has 9 nitrogen and oxygen atoms in total. The maximum atomic E-state index is 13.5. The van der Waals surface area contributed by atoms with Crippen LogP contribution in [0, 0.1) is 6.92 Å². The van der Waals surface area contributed by atoms with E-state index in [9.17, 15) is 24.6 Å². The Bertz CT molecular complexity index is 1140. The summed E-state index contributed by atoms with van der Waals surface area (Å²) in [7, 11) is 0. The Morgan fingerprint density at radius 1 is 0.974 bits per heavy atom. The van der Waals surface area contributed by atoms with Gasteiger partial charge in [0.2, 0.25) is 5.91 Å². The number of likely N-dealkylation sites (tertiary alicyclic amines) is 2. The second kappa shape index (κ2) is 13.6. The zero-order valence-corrected chi connectivity index (χ0v) is 22.6. The van der Waals surface area contributed by atoms with Gasteiger partial charge >= 0.3 is 0 Å². The fourth-order valence-corrected chi connectivity index (χ4v) is 5.51. The Labute approximate surface area is 230 Å². The first kappa shape index (κ1) is 28.6. The van der Waals surface area contributed by atoms with Crippen LogP contribution in [0.15, 0.2) is 48.5 Å².